The Hall–Kier alpha value is -2.62. The number of nitrogens with one attached hydrogen (secondary N) is 1. The highest BCUT2D eigenvalue weighted by Crippen LogP contribution is 2.39. The van der Waals surface area contributed by atoms with Gasteiger partial charge in [-0.15, -0.1) is 0 Å². The molecule has 0 saturated heterocycles. The molecule has 2 aliphatic rings. The van der Waals surface area contributed by atoms with E-state index in [1.54, 1.807) is 11.0 Å². The van der Waals surface area contributed by atoms with Gasteiger partial charge in [0.2, 0.25) is 0 Å². The van der Waals surface area contributed by atoms with Crippen LogP contribution in [0.5, 0.6) is 11.5 Å². The van der Waals surface area contributed by atoms with Crippen molar-refractivity contribution in [3.63, 3.8) is 0 Å². The molecule has 5 rings (SSSR count). The summed E-state index contributed by atoms with van der Waals surface area (Å²) >= 11 is 24.3. The molecular weight excluding hydrogens is 647 g/mol. The molecule has 1 heterocycles. The maximum absolute atomic E-state index is 13.9. The van der Waals surface area contributed by atoms with Crippen molar-refractivity contribution in [1.82, 2.24) is 10.2 Å². The minimum atomic E-state index is -4.58. The average molecular weight is 674 g/mol. The number of benzene rings is 3. The van der Waals surface area contributed by atoms with E-state index in [0.717, 1.165) is 30.0 Å². The number of carbonyl (C=O) groups excluding carboxylic acids is 1. The summed E-state index contributed by atoms with van der Waals surface area (Å²) in [6, 6.07) is 14.3. The first-order chi connectivity index (χ1) is 20.5. The van der Waals surface area contributed by atoms with Crippen LogP contribution in [0.1, 0.15) is 36.0 Å². The fourth-order valence-corrected chi connectivity index (χ4v) is 5.80. The summed E-state index contributed by atoms with van der Waals surface area (Å²) in [7, 11) is 0. The van der Waals surface area contributed by atoms with Gasteiger partial charge in [0.05, 0.1) is 25.7 Å². The van der Waals surface area contributed by atoms with Crippen LogP contribution in [0.25, 0.3) is 5.57 Å². The van der Waals surface area contributed by atoms with Crippen molar-refractivity contribution >= 4 is 57.9 Å². The summed E-state index contributed by atoms with van der Waals surface area (Å²) in [6.45, 7) is 1.54. The van der Waals surface area contributed by atoms with E-state index in [1.807, 2.05) is 24.3 Å². The van der Waals surface area contributed by atoms with Gasteiger partial charge < -0.3 is 19.7 Å². The highest BCUT2D eigenvalue weighted by molar-refractivity contribution is 6.43. The predicted octanol–water partition coefficient (Wildman–Crippen LogP) is 8.71. The van der Waals surface area contributed by atoms with Crippen LogP contribution in [0.2, 0.25) is 20.1 Å². The van der Waals surface area contributed by atoms with Crippen LogP contribution in [0, 0.1) is 0 Å². The third kappa shape index (κ3) is 7.73. The Morgan fingerprint density at radius 1 is 0.930 bits per heavy atom. The third-order valence-electron chi connectivity index (χ3n) is 7.24. The number of alkyl halides is 3. The molecule has 3 aromatic rings. The van der Waals surface area contributed by atoms with Crippen molar-refractivity contribution in [2.45, 2.75) is 38.0 Å². The van der Waals surface area contributed by atoms with Gasteiger partial charge in [0, 0.05) is 30.8 Å². The molecule has 0 aromatic heterocycles. The molecule has 0 spiro atoms. The maximum atomic E-state index is 13.9. The Bertz CT molecular complexity index is 1530. The highest BCUT2D eigenvalue weighted by Gasteiger charge is 2.38. The molecule has 0 bridgehead atoms. The van der Waals surface area contributed by atoms with Gasteiger partial charge in [-0.3, -0.25) is 4.79 Å². The van der Waals surface area contributed by atoms with E-state index in [0.29, 0.717) is 51.7 Å². The van der Waals surface area contributed by atoms with Gasteiger partial charge in [0.1, 0.15) is 24.7 Å². The number of halogens is 7. The van der Waals surface area contributed by atoms with Crippen molar-refractivity contribution < 1.29 is 27.4 Å². The maximum Gasteiger partial charge on any atom is 0.417 e. The molecule has 12 heteroatoms. The van der Waals surface area contributed by atoms with Gasteiger partial charge in [-0.1, -0.05) is 70.7 Å². The number of hydrogen-bond acceptors (Lipinski definition) is 4. The molecule has 3 aromatic carbocycles. The van der Waals surface area contributed by atoms with E-state index in [1.165, 1.54) is 18.2 Å². The van der Waals surface area contributed by atoms with Crippen molar-refractivity contribution in [1.29, 1.82) is 0 Å². The summed E-state index contributed by atoms with van der Waals surface area (Å²) < 4.78 is 51.8. The number of nitrogens with zero attached hydrogens (tertiary/aromatic N) is 1. The normalized spacial score (nSPS) is 15.4. The molecular formula is C31H27Cl4F3N2O3. The number of amides is 1. The summed E-state index contributed by atoms with van der Waals surface area (Å²) in [4.78, 5) is 15.5. The molecule has 1 N–H and O–H groups in total. The van der Waals surface area contributed by atoms with E-state index >= 15 is 0 Å². The van der Waals surface area contributed by atoms with E-state index in [4.69, 9.17) is 55.9 Å². The molecule has 0 unspecified atom stereocenters. The summed E-state index contributed by atoms with van der Waals surface area (Å²) in [5.41, 5.74) is 1.75. The molecule has 1 amide bonds. The van der Waals surface area contributed by atoms with Crippen LogP contribution < -0.4 is 14.8 Å². The first-order valence-corrected chi connectivity index (χ1v) is 15.1. The Morgan fingerprint density at radius 3 is 2.33 bits per heavy atom. The fourth-order valence-electron chi connectivity index (χ4n) is 4.92. The Labute approximate surface area is 267 Å². The Morgan fingerprint density at radius 2 is 1.63 bits per heavy atom. The summed E-state index contributed by atoms with van der Waals surface area (Å²) in [5, 5.41) is 3.91. The Balaban J connectivity index is 1.28. The van der Waals surface area contributed by atoms with Crippen LogP contribution in [0.15, 0.2) is 60.2 Å². The lowest BCUT2D eigenvalue weighted by Gasteiger charge is -2.29. The van der Waals surface area contributed by atoms with E-state index in [2.05, 4.69) is 5.32 Å². The average Bonchev–Trinajstić information content (AvgIpc) is 3.82. The first-order valence-electron chi connectivity index (χ1n) is 13.6. The zero-order valence-electron chi connectivity index (χ0n) is 22.7. The van der Waals surface area contributed by atoms with Crippen molar-refractivity contribution in [2.24, 2.45) is 0 Å². The molecule has 1 aliphatic heterocycles. The van der Waals surface area contributed by atoms with Crippen molar-refractivity contribution in [3.8, 4) is 11.5 Å². The second kappa shape index (κ2) is 13.6. The number of carbonyl (C=O) groups is 1. The van der Waals surface area contributed by atoms with Gasteiger partial charge in [-0.05, 0) is 66.8 Å². The van der Waals surface area contributed by atoms with Crippen LogP contribution in [0.3, 0.4) is 0 Å². The van der Waals surface area contributed by atoms with E-state index < -0.39 is 11.7 Å². The molecule has 1 aliphatic carbocycles. The number of hydrogen-bond donors (Lipinski definition) is 1. The molecule has 43 heavy (non-hydrogen) atoms. The quantitative estimate of drug-likeness (QED) is 0.173. The molecule has 1 saturated carbocycles. The monoisotopic (exact) mass is 672 g/mol. The van der Waals surface area contributed by atoms with Crippen molar-refractivity contribution in [2.75, 3.05) is 26.3 Å². The van der Waals surface area contributed by atoms with E-state index in [-0.39, 0.29) is 42.3 Å². The minimum absolute atomic E-state index is 0.00528. The second-order valence-corrected chi connectivity index (χ2v) is 11.8. The first kappa shape index (κ1) is 31.8. The number of rotatable bonds is 10. The summed E-state index contributed by atoms with van der Waals surface area (Å²) in [6.07, 6.45) is -2.36. The minimum Gasteiger partial charge on any atom is -0.490 e. The standard InChI is InChI=1S/C31H27Cl4F3N2O3/c32-25-14-27(34)28(15-26(25)33)43-13-12-42-21-8-4-18(5-9-21)22-10-11-39-16-23(22)30(41)40(20-6-7-20)17-19-2-1-3-24(29(19)35)31(36,37)38/h1-5,8-9,14-15,20,39H,6-7,10-13,16-17H2. The lowest BCUT2D eigenvalue weighted by atomic mass is 9.93. The van der Waals surface area contributed by atoms with Gasteiger partial charge >= 0.3 is 6.18 Å². The number of ether oxygens (including phenoxy) is 2. The SMILES string of the molecule is O=C(C1=C(c2ccc(OCCOc3cc(Cl)c(Cl)cc3Cl)cc2)CCNC1)N(Cc1cccc(C(F)(F)F)c1Cl)C1CC1. The van der Waals surface area contributed by atoms with Crippen LogP contribution in [-0.4, -0.2) is 43.2 Å². The van der Waals surface area contributed by atoms with Gasteiger partial charge in [0.15, 0.2) is 0 Å². The topological polar surface area (TPSA) is 50.8 Å². The van der Waals surface area contributed by atoms with Gasteiger partial charge in [0.25, 0.3) is 5.91 Å². The lowest BCUT2D eigenvalue weighted by Crippen LogP contribution is -2.39. The fraction of sp³-hybridized carbons (Fsp3) is 0.323. The van der Waals surface area contributed by atoms with Crippen LogP contribution >= 0.6 is 46.4 Å². The molecule has 0 radical (unpaired) electrons. The second-order valence-electron chi connectivity index (χ2n) is 10.2. The van der Waals surface area contributed by atoms with Crippen LogP contribution in [0.4, 0.5) is 13.2 Å². The van der Waals surface area contributed by atoms with Gasteiger partial charge in [-0.2, -0.15) is 13.2 Å². The third-order valence-corrected chi connectivity index (χ3v) is 8.70. The predicted molar refractivity (Wildman–Crippen MR) is 163 cm³/mol. The highest BCUT2D eigenvalue weighted by atomic mass is 35.5. The Kier molecular flexibility index (Phi) is 10.0. The largest absolute Gasteiger partial charge is 0.490 e. The smallest absolute Gasteiger partial charge is 0.417 e. The van der Waals surface area contributed by atoms with Gasteiger partial charge in [-0.25, -0.2) is 0 Å². The van der Waals surface area contributed by atoms with Crippen LogP contribution in [-0.2, 0) is 17.5 Å². The zero-order valence-corrected chi connectivity index (χ0v) is 25.8. The van der Waals surface area contributed by atoms with E-state index in [9.17, 15) is 18.0 Å². The summed E-state index contributed by atoms with van der Waals surface area (Å²) in [5.74, 6) is 0.825. The van der Waals surface area contributed by atoms with Crippen molar-refractivity contribution in [3.05, 3.63) is 97.0 Å². The molecule has 228 valence electrons. The molecule has 0 atom stereocenters. The molecule has 5 nitrogen and oxygen atoms in total. The molecule has 1 fully saturated rings. The lowest BCUT2D eigenvalue weighted by molar-refractivity contribution is -0.137. The zero-order chi connectivity index (χ0) is 30.7.